The minimum absolute atomic E-state index is 0.0396. The number of hydrogen-bond acceptors (Lipinski definition) is 7. The summed E-state index contributed by atoms with van der Waals surface area (Å²) in [6.45, 7) is 1.98. The number of unbranched alkanes of at least 4 members (excludes halogenated alkanes) is 1. The van der Waals surface area contributed by atoms with Crippen molar-refractivity contribution in [2.75, 3.05) is 13.2 Å². The second-order valence-corrected chi connectivity index (χ2v) is 4.75. The van der Waals surface area contributed by atoms with Crippen LogP contribution in [-0.2, 0) is 9.47 Å². The number of nitrogens with one attached hydrogen (secondary N) is 1. The molecule has 7 nitrogen and oxygen atoms in total. The number of aliphatic hydroxyl groups excluding tert-OH is 4. The molecule has 8 heteroatoms. The Bertz CT molecular complexity index is 290. The molecule has 5 atom stereocenters. The molecule has 1 heterocycles. The summed E-state index contributed by atoms with van der Waals surface area (Å²) in [4.78, 5) is 0. The number of thiocarbonyl (C=S) groups is 1. The number of ether oxygens (including phenoxy) is 2. The van der Waals surface area contributed by atoms with Gasteiger partial charge in [-0.3, -0.25) is 0 Å². The van der Waals surface area contributed by atoms with Crippen molar-refractivity contribution in [2.45, 2.75) is 50.4 Å². The fourth-order valence-corrected chi connectivity index (χ4v) is 1.89. The first-order chi connectivity index (χ1) is 9.01. The normalized spacial score (nSPS) is 34.9. The molecule has 0 aliphatic carbocycles. The lowest BCUT2D eigenvalue weighted by Crippen LogP contribution is -2.63. The summed E-state index contributed by atoms with van der Waals surface area (Å²) in [6.07, 6.45) is -4.38. The lowest BCUT2D eigenvalue weighted by atomic mass is 9.98. The van der Waals surface area contributed by atoms with Crippen molar-refractivity contribution in [3.63, 3.8) is 0 Å². The average Bonchev–Trinajstić information content (AvgIpc) is 2.39. The van der Waals surface area contributed by atoms with E-state index >= 15 is 0 Å². The van der Waals surface area contributed by atoms with Crippen molar-refractivity contribution in [3.8, 4) is 0 Å². The molecular formula is C11H21NO6S. The smallest absolute Gasteiger partial charge is 0.258 e. The molecular weight excluding hydrogens is 274 g/mol. The van der Waals surface area contributed by atoms with Gasteiger partial charge in [0, 0.05) is 0 Å². The van der Waals surface area contributed by atoms with Crippen LogP contribution in [0.3, 0.4) is 0 Å². The minimum Gasteiger partial charge on any atom is -0.471 e. The van der Waals surface area contributed by atoms with Crippen molar-refractivity contribution in [1.29, 1.82) is 0 Å². The van der Waals surface area contributed by atoms with Gasteiger partial charge >= 0.3 is 0 Å². The minimum atomic E-state index is -1.43. The van der Waals surface area contributed by atoms with Crippen LogP contribution >= 0.6 is 12.2 Å². The third-order valence-electron chi connectivity index (χ3n) is 2.88. The van der Waals surface area contributed by atoms with Crippen molar-refractivity contribution < 1.29 is 29.9 Å². The maximum absolute atomic E-state index is 9.75. The van der Waals surface area contributed by atoms with Crippen molar-refractivity contribution in [2.24, 2.45) is 0 Å². The Hall–Kier alpha value is -0.510. The lowest BCUT2D eigenvalue weighted by Gasteiger charge is -2.40. The highest BCUT2D eigenvalue weighted by Crippen LogP contribution is 2.19. The van der Waals surface area contributed by atoms with Gasteiger partial charge in [0.1, 0.15) is 24.4 Å². The summed E-state index contributed by atoms with van der Waals surface area (Å²) < 4.78 is 10.4. The van der Waals surface area contributed by atoms with Crippen molar-refractivity contribution in [3.05, 3.63) is 0 Å². The van der Waals surface area contributed by atoms with Crippen LogP contribution < -0.4 is 5.32 Å². The molecule has 1 aliphatic rings. The van der Waals surface area contributed by atoms with E-state index in [0.717, 1.165) is 12.8 Å². The molecule has 0 aromatic carbocycles. The highest BCUT2D eigenvalue weighted by Gasteiger charge is 2.43. The Morgan fingerprint density at radius 3 is 2.53 bits per heavy atom. The first-order valence-electron chi connectivity index (χ1n) is 6.25. The predicted octanol–water partition coefficient (Wildman–Crippen LogP) is -1.52. The Balaban J connectivity index is 2.49. The van der Waals surface area contributed by atoms with Crippen molar-refractivity contribution >= 4 is 17.4 Å². The van der Waals surface area contributed by atoms with Gasteiger partial charge in [-0.05, 0) is 18.6 Å². The number of hydrogen-bond donors (Lipinski definition) is 5. The first-order valence-corrected chi connectivity index (χ1v) is 6.65. The van der Waals surface area contributed by atoms with Gasteiger partial charge in [0.05, 0.1) is 13.2 Å². The van der Waals surface area contributed by atoms with Crippen LogP contribution in [0.2, 0.25) is 0 Å². The molecule has 1 rings (SSSR count). The molecule has 19 heavy (non-hydrogen) atoms. The molecule has 112 valence electrons. The number of aliphatic hydroxyl groups is 4. The van der Waals surface area contributed by atoms with E-state index in [2.05, 4.69) is 5.32 Å². The Labute approximate surface area is 117 Å². The van der Waals surface area contributed by atoms with E-state index in [0.29, 0.717) is 6.61 Å². The SMILES string of the molecule is CCCCOC(=S)N[C@H]1O[C@@H](CO)[C@@H](O)[C@@H](O)[C@H]1O. The van der Waals surface area contributed by atoms with E-state index in [1.54, 1.807) is 0 Å². The monoisotopic (exact) mass is 295 g/mol. The summed E-state index contributed by atoms with van der Waals surface area (Å²) in [5.74, 6) is 0. The van der Waals surface area contributed by atoms with Gasteiger partial charge < -0.3 is 35.2 Å². The molecule has 1 aliphatic heterocycles. The molecule has 5 N–H and O–H groups in total. The van der Waals surface area contributed by atoms with Gasteiger partial charge in [0.25, 0.3) is 5.17 Å². The van der Waals surface area contributed by atoms with Gasteiger partial charge in [-0.2, -0.15) is 0 Å². The number of rotatable bonds is 5. The standard InChI is InChI=1S/C11H21NO6S/c1-2-3-4-17-11(19)12-10-9(16)8(15)7(14)6(5-13)18-10/h6-10,13-16H,2-5H2,1H3,(H,12,19)/t6-,7+,8+,9+,10-/m0/s1. The molecule has 1 fully saturated rings. The van der Waals surface area contributed by atoms with E-state index in [4.69, 9.17) is 26.8 Å². The van der Waals surface area contributed by atoms with E-state index in [1.165, 1.54) is 0 Å². The van der Waals surface area contributed by atoms with Crippen LogP contribution in [0.4, 0.5) is 0 Å². The molecule has 0 saturated carbocycles. The van der Waals surface area contributed by atoms with Crippen LogP contribution in [0, 0.1) is 0 Å². The van der Waals surface area contributed by atoms with Crippen molar-refractivity contribution in [1.82, 2.24) is 5.32 Å². The Morgan fingerprint density at radius 2 is 1.95 bits per heavy atom. The molecule has 0 spiro atoms. The van der Waals surface area contributed by atoms with Crippen LogP contribution in [0.15, 0.2) is 0 Å². The molecule has 0 unspecified atom stereocenters. The average molecular weight is 295 g/mol. The highest BCUT2D eigenvalue weighted by molar-refractivity contribution is 7.80. The summed E-state index contributed by atoms with van der Waals surface area (Å²) in [5, 5.41) is 40.6. The lowest BCUT2D eigenvalue weighted by molar-refractivity contribution is -0.233. The second-order valence-electron chi connectivity index (χ2n) is 4.38. The third-order valence-corrected chi connectivity index (χ3v) is 3.12. The molecule has 0 aromatic heterocycles. The molecule has 1 saturated heterocycles. The summed E-state index contributed by atoms with van der Waals surface area (Å²) in [6, 6.07) is 0. The molecule has 0 amide bonds. The zero-order valence-corrected chi connectivity index (χ0v) is 11.5. The van der Waals surface area contributed by atoms with Gasteiger partial charge in [-0.25, -0.2) is 0 Å². The van der Waals surface area contributed by atoms with Gasteiger partial charge in [-0.15, -0.1) is 0 Å². The van der Waals surface area contributed by atoms with E-state index in [9.17, 15) is 15.3 Å². The van der Waals surface area contributed by atoms with Crippen LogP contribution in [0.1, 0.15) is 19.8 Å². The largest absolute Gasteiger partial charge is 0.471 e. The molecule has 0 radical (unpaired) electrons. The van der Waals surface area contributed by atoms with E-state index < -0.39 is 37.3 Å². The van der Waals surface area contributed by atoms with E-state index in [1.807, 2.05) is 6.92 Å². The summed E-state index contributed by atoms with van der Waals surface area (Å²) in [7, 11) is 0. The Kier molecular flexibility index (Phi) is 6.90. The zero-order valence-electron chi connectivity index (χ0n) is 10.7. The van der Waals surface area contributed by atoms with Gasteiger partial charge in [0.2, 0.25) is 0 Å². The zero-order chi connectivity index (χ0) is 14.4. The van der Waals surface area contributed by atoms with Gasteiger partial charge in [0.15, 0.2) is 6.23 Å². The maximum Gasteiger partial charge on any atom is 0.258 e. The molecule has 0 aromatic rings. The fourth-order valence-electron chi connectivity index (χ4n) is 1.69. The first kappa shape index (κ1) is 16.5. The fraction of sp³-hybridized carbons (Fsp3) is 0.909. The van der Waals surface area contributed by atoms with Crippen LogP contribution in [0.25, 0.3) is 0 Å². The van der Waals surface area contributed by atoms with Gasteiger partial charge in [-0.1, -0.05) is 13.3 Å². The topological polar surface area (TPSA) is 111 Å². The van der Waals surface area contributed by atoms with Crippen LogP contribution in [0.5, 0.6) is 0 Å². The summed E-state index contributed by atoms with van der Waals surface area (Å²) >= 11 is 4.91. The van der Waals surface area contributed by atoms with Crippen LogP contribution in [-0.4, -0.2) is 69.5 Å². The Morgan fingerprint density at radius 1 is 1.26 bits per heavy atom. The maximum atomic E-state index is 9.75. The highest BCUT2D eigenvalue weighted by atomic mass is 32.1. The third kappa shape index (κ3) is 4.51. The quantitative estimate of drug-likeness (QED) is 0.307. The predicted molar refractivity (Wildman–Crippen MR) is 70.4 cm³/mol. The molecule has 0 bridgehead atoms. The summed E-state index contributed by atoms with van der Waals surface area (Å²) in [5.41, 5.74) is 0. The second kappa shape index (κ2) is 7.93. The van der Waals surface area contributed by atoms with E-state index in [-0.39, 0.29) is 5.17 Å².